The van der Waals surface area contributed by atoms with Crippen LogP contribution in [0.3, 0.4) is 0 Å². The molecule has 0 amide bonds. The molecule has 1 aliphatic carbocycles. The molecule has 2 heteroatoms. The van der Waals surface area contributed by atoms with E-state index in [1.165, 1.54) is 19.3 Å². The Balaban J connectivity index is 2.39. The van der Waals surface area contributed by atoms with E-state index >= 15 is 0 Å². The summed E-state index contributed by atoms with van der Waals surface area (Å²) in [5, 5.41) is 0. The highest BCUT2D eigenvalue weighted by Gasteiger charge is 2.33. The summed E-state index contributed by atoms with van der Waals surface area (Å²) in [6.07, 6.45) is 8.36. The summed E-state index contributed by atoms with van der Waals surface area (Å²) in [6, 6.07) is 0. The third-order valence-electron chi connectivity index (χ3n) is 3.67. The van der Waals surface area contributed by atoms with E-state index in [0.29, 0.717) is 12.3 Å². The van der Waals surface area contributed by atoms with Gasteiger partial charge in [-0.2, -0.15) is 0 Å². The quantitative estimate of drug-likeness (QED) is 0.660. The first kappa shape index (κ1) is 13.5. The number of hydrogen-bond donors (Lipinski definition) is 0. The predicted octanol–water partition coefficient (Wildman–Crippen LogP) is 4.08. The molecule has 0 bridgehead atoms. The highest BCUT2D eigenvalue weighted by molar-refractivity contribution is 5.69. The van der Waals surface area contributed by atoms with E-state index < -0.39 is 0 Å². The predicted molar refractivity (Wildman–Crippen MR) is 66.3 cm³/mol. The summed E-state index contributed by atoms with van der Waals surface area (Å²) in [6.45, 7) is 6.42. The summed E-state index contributed by atoms with van der Waals surface area (Å²) >= 11 is 0. The van der Waals surface area contributed by atoms with Crippen LogP contribution in [0.2, 0.25) is 0 Å². The van der Waals surface area contributed by atoms with Crippen molar-refractivity contribution in [2.24, 2.45) is 5.92 Å². The van der Waals surface area contributed by atoms with Gasteiger partial charge in [-0.3, -0.25) is 4.79 Å². The standard InChI is InChI=1S/C14H26O2/c1-4-14(10-6-5-7-11-14)16-13(15)9-8-12(2)3/h12H,4-11H2,1-3H3. The molecule has 0 saturated heterocycles. The zero-order chi connectivity index (χ0) is 12.0. The minimum atomic E-state index is -0.119. The summed E-state index contributed by atoms with van der Waals surface area (Å²) < 4.78 is 5.74. The largest absolute Gasteiger partial charge is 0.459 e. The lowest BCUT2D eigenvalue weighted by Crippen LogP contribution is -2.36. The molecular formula is C14H26O2. The third kappa shape index (κ3) is 4.15. The Morgan fingerprint density at radius 2 is 1.88 bits per heavy atom. The molecule has 1 aliphatic rings. The molecule has 1 rings (SSSR count). The van der Waals surface area contributed by atoms with Crippen LogP contribution in [0, 0.1) is 5.92 Å². The molecule has 0 aliphatic heterocycles. The van der Waals surface area contributed by atoms with Gasteiger partial charge < -0.3 is 4.74 Å². The lowest BCUT2D eigenvalue weighted by molar-refractivity contribution is -0.164. The summed E-state index contributed by atoms with van der Waals surface area (Å²) in [5.74, 6) is 0.592. The first-order valence-corrected chi connectivity index (χ1v) is 6.80. The second-order valence-corrected chi connectivity index (χ2v) is 5.50. The van der Waals surface area contributed by atoms with Crippen LogP contribution in [-0.4, -0.2) is 11.6 Å². The lowest BCUT2D eigenvalue weighted by Gasteiger charge is -2.36. The zero-order valence-electron chi connectivity index (χ0n) is 11.1. The second-order valence-electron chi connectivity index (χ2n) is 5.50. The van der Waals surface area contributed by atoms with E-state index in [2.05, 4.69) is 20.8 Å². The van der Waals surface area contributed by atoms with Crippen molar-refractivity contribution in [1.82, 2.24) is 0 Å². The Hall–Kier alpha value is -0.530. The molecule has 1 saturated carbocycles. The van der Waals surface area contributed by atoms with Crippen LogP contribution in [0.15, 0.2) is 0 Å². The van der Waals surface area contributed by atoms with Crippen LogP contribution in [0.5, 0.6) is 0 Å². The van der Waals surface area contributed by atoms with Crippen LogP contribution in [-0.2, 0) is 9.53 Å². The Morgan fingerprint density at radius 3 is 2.38 bits per heavy atom. The molecule has 0 unspecified atom stereocenters. The molecule has 0 N–H and O–H groups in total. The van der Waals surface area contributed by atoms with Crippen molar-refractivity contribution in [1.29, 1.82) is 0 Å². The van der Waals surface area contributed by atoms with E-state index in [-0.39, 0.29) is 11.6 Å². The van der Waals surface area contributed by atoms with Crippen LogP contribution in [0.4, 0.5) is 0 Å². The smallest absolute Gasteiger partial charge is 0.306 e. The fourth-order valence-electron chi connectivity index (χ4n) is 2.42. The van der Waals surface area contributed by atoms with Crippen molar-refractivity contribution in [3.63, 3.8) is 0 Å². The van der Waals surface area contributed by atoms with Crippen LogP contribution >= 0.6 is 0 Å². The van der Waals surface area contributed by atoms with Crippen molar-refractivity contribution >= 4 is 5.97 Å². The van der Waals surface area contributed by atoms with Crippen molar-refractivity contribution in [2.75, 3.05) is 0 Å². The Morgan fingerprint density at radius 1 is 1.25 bits per heavy atom. The molecular weight excluding hydrogens is 200 g/mol. The Bertz CT molecular complexity index is 215. The van der Waals surface area contributed by atoms with Gasteiger partial charge in [-0.25, -0.2) is 0 Å². The van der Waals surface area contributed by atoms with Gasteiger partial charge in [-0.05, 0) is 44.4 Å². The molecule has 2 nitrogen and oxygen atoms in total. The molecule has 16 heavy (non-hydrogen) atoms. The average molecular weight is 226 g/mol. The third-order valence-corrected chi connectivity index (χ3v) is 3.67. The minimum Gasteiger partial charge on any atom is -0.459 e. The van der Waals surface area contributed by atoms with Gasteiger partial charge in [0.15, 0.2) is 0 Å². The lowest BCUT2D eigenvalue weighted by atomic mass is 9.82. The van der Waals surface area contributed by atoms with Crippen LogP contribution < -0.4 is 0 Å². The van der Waals surface area contributed by atoms with Gasteiger partial charge in [0.2, 0.25) is 0 Å². The molecule has 0 radical (unpaired) electrons. The zero-order valence-corrected chi connectivity index (χ0v) is 11.1. The van der Waals surface area contributed by atoms with E-state index in [0.717, 1.165) is 25.7 Å². The highest BCUT2D eigenvalue weighted by Crippen LogP contribution is 2.34. The monoisotopic (exact) mass is 226 g/mol. The Kier molecular flexibility index (Phi) is 5.30. The molecule has 0 heterocycles. The van der Waals surface area contributed by atoms with Crippen LogP contribution in [0.25, 0.3) is 0 Å². The fourth-order valence-corrected chi connectivity index (χ4v) is 2.42. The molecule has 0 aromatic carbocycles. The maximum Gasteiger partial charge on any atom is 0.306 e. The average Bonchev–Trinajstić information content (AvgIpc) is 2.28. The summed E-state index contributed by atoms with van der Waals surface area (Å²) in [7, 11) is 0. The number of hydrogen-bond acceptors (Lipinski definition) is 2. The summed E-state index contributed by atoms with van der Waals surface area (Å²) in [5.41, 5.74) is -0.119. The molecule has 0 atom stereocenters. The topological polar surface area (TPSA) is 26.3 Å². The van der Waals surface area contributed by atoms with Gasteiger partial charge in [0.25, 0.3) is 0 Å². The molecule has 94 valence electrons. The van der Waals surface area contributed by atoms with Crippen molar-refractivity contribution in [2.45, 2.75) is 77.7 Å². The number of carbonyl (C=O) groups is 1. The van der Waals surface area contributed by atoms with Gasteiger partial charge in [0, 0.05) is 6.42 Å². The van der Waals surface area contributed by atoms with Crippen molar-refractivity contribution < 1.29 is 9.53 Å². The summed E-state index contributed by atoms with van der Waals surface area (Å²) in [4.78, 5) is 11.8. The van der Waals surface area contributed by atoms with Gasteiger partial charge in [0.1, 0.15) is 5.60 Å². The first-order chi connectivity index (χ1) is 7.58. The number of esters is 1. The molecule has 0 aromatic rings. The number of rotatable bonds is 5. The normalized spacial score (nSPS) is 19.8. The van der Waals surface area contributed by atoms with Gasteiger partial charge in [-0.15, -0.1) is 0 Å². The second kappa shape index (κ2) is 6.27. The van der Waals surface area contributed by atoms with Gasteiger partial charge in [-0.1, -0.05) is 27.2 Å². The van der Waals surface area contributed by atoms with Gasteiger partial charge >= 0.3 is 5.97 Å². The minimum absolute atomic E-state index is 0.0115. The van der Waals surface area contributed by atoms with Crippen molar-refractivity contribution in [3.8, 4) is 0 Å². The van der Waals surface area contributed by atoms with Crippen LogP contribution in [0.1, 0.15) is 72.1 Å². The maximum atomic E-state index is 11.8. The van der Waals surface area contributed by atoms with E-state index in [9.17, 15) is 4.79 Å². The number of carbonyl (C=O) groups excluding carboxylic acids is 1. The molecule has 1 fully saturated rings. The van der Waals surface area contributed by atoms with Gasteiger partial charge in [0.05, 0.1) is 0 Å². The maximum absolute atomic E-state index is 11.8. The highest BCUT2D eigenvalue weighted by atomic mass is 16.6. The molecule has 0 aromatic heterocycles. The Labute approximate surface area is 99.8 Å². The first-order valence-electron chi connectivity index (χ1n) is 6.80. The van der Waals surface area contributed by atoms with E-state index in [1.807, 2.05) is 0 Å². The SMILES string of the molecule is CCC1(OC(=O)CCC(C)C)CCCCC1. The number of ether oxygens (including phenoxy) is 1. The van der Waals surface area contributed by atoms with Crippen molar-refractivity contribution in [3.05, 3.63) is 0 Å². The van der Waals surface area contributed by atoms with E-state index in [1.54, 1.807) is 0 Å². The fraction of sp³-hybridized carbons (Fsp3) is 0.929. The molecule has 0 spiro atoms. The van der Waals surface area contributed by atoms with E-state index in [4.69, 9.17) is 4.74 Å².